The average Bonchev–Trinajstić information content (AvgIpc) is 2.88. The zero-order valence-electron chi connectivity index (χ0n) is 12.3. The first-order valence-electron chi connectivity index (χ1n) is 7.38. The van der Waals surface area contributed by atoms with Crippen LogP contribution in [0.5, 0.6) is 5.75 Å². The van der Waals surface area contributed by atoms with E-state index in [1.54, 1.807) is 0 Å². The number of ether oxygens (including phenoxy) is 1. The fourth-order valence-electron chi connectivity index (χ4n) is 2.71. The normalized spacial score (nSPS) is 17.4. The van der Waals surface area contributed by atoms with E-state index < -0.39 is 6.04 Å². The van der Waals surface area contributed by atoms with E-state index in [-0.39, 0.29) is 12.0 Å². The second kappa shape index (κ2) is 6.75. The van der Waals surface area contributed by atoms with Crippen LogP contribution in [0.1, 0.15) is 51.1 Å². The summed E-state index contributed by atoms with van der Waals surface area (Å²) >= 11 is 0. The van der Waals surface area contributed by atoms with Gasteiger partial charge in [0.25, 0.3) is 0 Å². The van der Waals surface area contributed by atoms with E-state index in [1.807, 2.05) is 38.1 Å². The SMILES string of the molecule is CC(C)Oc1cccc(C(NC2CCCC2)C(N)=O)c1. The van der Waals surface area contributed by atoms with Crippen LogP contribution in [0, 0.1) is 0 Å². The third kappa shape index (κ3) is 3.97. The number of carbonyl (C=O) groups excluding carboxylic acids is 1. The Hall–Kier alpha value is -1.55. The number of carbonyl (C=O) groups is 1. The van der Waals surface area contributed by atoms with E-state index in [2.05, 4.69) is 5.32 Å². The topological polar surface area (TPSA) is 64.3 Å². The van der Waals surface area contributed by atoms with Gasteiger partial charge in [-0.3, -0.25) is 10.1 Å². The maximum absolute atomic E-state index is 11.7. The van der Waals surface area contributed by atoms with Gasteiger partial charge in [-0.05, 0) is 44.4 Å². The van der Waals surface area contributed by atoms with Crippen molar-refractivity contribution in [1.82, 2.24) is 5.32 Å². The molecule has 1 aromatic rings. The number of hydrogen-bond donors (Lipinski definition) is 2. The molecule has 0 radical (unpaired) electrons. The lowest BCUT2D eigenvalue weighted by Gasteiger charge is -2.21. The van der Waals surface area contributed by atoms with Crippen LogP contribution >= 0.6 is 0 Å². The van der Waals surface area contributed by atoms with Gasteiger partial charge >= 0.3 is 0 Å². The Labute approximate surface area is 120 Å². The Morgan fingerprint density at radius 3 is 2.65 bits per heavy atom. The zero-order chi connectivity index (χ0) is 14.5. The Balaban J connectivity index is 2.13. The summed E-state index contributed by atoms with van der Waals surface area (Å²) in [5, 5.41) is 3.38. The molecule has 3 N–H and O–H groups in total. The van der Waals surface area contributed by atoms with E-state index in [1.165, 1.54) is 12.8 Å². The van der Waals surface area contributed by atoms with Gasteiger partial charge in [-0.25, -0.2) is 0 Å². The monoisotopic (exact) mass is 276 g/mol. The molecule has 0 heterocycles. The molecule has 4 heteroatoms. The Kier molecular flexibility index (Phi) is 5.01. The molecular formula is C16H24N2O2. The minimum absolute atomic E-state index is 0.111. The quantitative estimate of drug-likeness (QED) is 0.839. The van der Waals surface area contributed by atoms with Crippen LogP contribution in [0.2, 0.25) is 0 Å². The first kappa shape index (κ1) is 14.9. The summed E-state index contributed by atoms with van der Waals surface area (Å²) in [4.78, 5) is 11.7. The molecule has 0 spiro atoms. The Bertz CT molecular complexity index is 454. The molecule has 0 bridgehead atoms. The van der Waals surface area contributed by atoms with Crippen molar-refractivity contribution in [2.75, 3.05) is 0 Å². The van der Waals surface area contributed by atoms with Crippen LogP contribution < -0.4 is 15.8 Å². The van der Waals surface area contributed by atoms with Crippen molar-refractivity contribution in [2.24, 2.45) is 5.73 Å². The van der Waals surface area contributed by atoms with Crippen molar-refractivity contribution in [3.63, 3.8) is 0 Å². The van der Waals surface area contributed by atoms with Gasteiger partial charge in [-0.2, -0.15) is 0 Å². The minimum Gasteiger partial charge on any atom is -0.491 e. The van der Waals surface area contributed by atoms with Crippen LogP contribution in [0.15, 0.2) is 24.3 Å². The van der Waals surface area contributed by atoms with Gasteiger partial charge in [0, 0.05) is 6.04 Å². The maximum Gasteiger partial charge on any atom is 0.239 e. The molecule has 20 heavy (non-hydrogen) atoms. The van der Waals surface area contributed by atoms with Crippen molar-refractivity contribution in [1.29, 1.82) is 0 Å². The summed E-state index contributed by atoms with van der Waals surface area (Å²) in [7, 11) is 0. The second-order valence-electron chi connectivity index (χ2n) is 5.72. The molecule has 0 aliphatic heterocycles. The van der Waals surface area contributed by atoms with E-state index in [4.69, 9.17) is 10.5 Å². The first-order valence-corrected chi connectivity index (χ1v) is 7.38. The highest BCUT2D eigenvalue weighted by atomic mass is 16.5. The van der Waals surface area contributed by atoms with Crippen molar-refractivity contribution in [3.05, 3.63) is 29.8 Å². The first-order chi connectivity index (χ1) is 9.56. The summed E-state index contributed by atoms with van der Waals surface area (Å²) in [6, 6.07) is 7.58. The largest absolute Gasteiger partial charge is 0.491 e. The Morgan fingerprint density at radius 2 is 2.05 bits per heavy atom. The number of nitrogens with two attached hydrogens (primary N) is 1. The molecule has 4 nitrogen and oxygen atoms in total. The number of benzene rings is 1. The number of primary amides is 1. The third-order valence-electron chi connectivity index (χ3n) is 3.61. The lowest BCUT2D eigenvalue weighted by molar-refractivity contribution is -0.120. The number of amides is 1. The predicted molar refractivity (Wildman–Crippen MR) is 79.5 cm³/mol. The molecule has 1 saturated carbocycles. The van der Waals surface area contributed by atoms with E-state index in [0.717, 1.165) is 24.2 Å². The highest BCUT2D eigenvalue weighted by molar-refractivity contribution is 5.81. The molecule has 2 rings (SSSR count). The van der Waals surface area contributed by atoms with E-state index >= 15 is 0 Å². The molecule has 1 aliphatic rings. The van der Waals surface area contributed by atoms with Crippen LogP contribution in [-0.4, -0.2) is 18.1 Å². The summed E-state index contributed by atoms with van der Waals surface area (Å²) in [6.45, 7) is 3.96. The zero-order valence-corrected chi connectivity index (χ0v) is 12.3. The molecular weight excluding hydrogens is 252 g/mol. The number of hydrogen-bond acceptors (Lipinski definition) is 3. The van der Waals surface area contributed by atoms with E-state index in [0.29, 0.717) is 6.04 Å². The smallest absolute Gasteiger partial charge is 0.239 e. The molecule has 1 unspecified atom stereocenters. The summed E-state index contributed by atoms with van der Waals surface area (Å²) < 4.78 is 5.67. The Morgan fingerprint density at radius 1 is 1.35 bits per heavy atom. The molecule has 1 amide bonds. The molecule has 0 aromatic heterocycles. The molecule has 1 atom stereocenters. The van der Waals surface area contributed by atoms with Crippen LogP contribution in [-0.2, 0) is 4.79 Å². The van der Waals surface area contributed by atoms with Gasteiger partial charge in [0.1, 0.15) is 11.8 Å². The summed E-state index contributed by atoms with van der Waals surface area (Å²) in [6.07, 6.45) is 4.79. The van der Waals surface area contributed by atoms with Crippen LogP contribution in [0.3, 0.4) is 0 Å². The van der Waals surface area contributed by atoms with Crippen LogP contribution in [0.4, 0.5) is 0 Å². The van der Waals surface area contributed by atoms with Gasteiger partial charge in [0.05, 0.1) is 6.10 Å². The highest BCUT2D eigenvalue weighted by Crippen LogP contribution is 2.24. The average molecular weight is 276 g/mol. The van der Waals surface area contributed by atoms with Crippen molar-refractivity contribution >= 4 is 5.91 Å². The van der Waals surface area contributed by atoms with Gasteiger partial charge in [0.15, 0.2) is 0 Å². The molecule has 1 aliphatic carbocycles. The van der Waals surface area contributed by atoms with Gasteiger partial charge < -0.3 is 10.5 Å². The summed E-state index contributed by atoms with van der Waals surface area (Å²) in [5.41, 5.74) is 6.43. The van der Waals surface area contributed by atoms with Crippen molar-refractivity contribution in [3.8, 4) is 5.75 Å². The molecule has 0 saturated heterocycles. The minimum atomic E-state index is -0.436. The number of rotatable bonds is 6. The highest BCUT2D eigenvalue weighted by Gasteiger charge is 2.24. The molecule has 110 valence electrons. The number of nitrogens with one attached hydrogen (secondary N) is 1. The fourth-order valence-corrected chi connectivity index (χ4v) is 2.71. The van der Waals surface area contributed by atoms with Crippen molar-refractivity contribution < 1.29 is 9.53 Å². The molecule has 1 fully saturated rings. The maximum atomic E-state index is 11.7. The molecule has 1 aromatic carbocycles. The lowest BCUT2D eigenvalue weighted by atomic mass is 10.0. The summed E-state index contributed by atoms with van der Waals surface area (Å²) in [5.74, 6) is 0.440. The van der Waals surface area contributed by atoms with Gasteiger partial charge in [-0.1, -0.05) is 25.0 Å². The standard InChI is InChI=1S/C16H24N2O2/c1-11(2)20-14-9-5-6-12(10-14)15(16(17)19)18-13-7-3-4-8-13/h5-6,9-11,13,15,18H,3-4,7-8H2,1-2H3,(H2,17,19). The van der Waals surface area contributed by atoms with Gasteiger partial charge in [-0.15, -0.1) is 0 Å². The fraction of sp³-hybridized carbons (Fsp3) is 0.562. The predicted octanol–water partition coefficient (Wildman–Crippen LogP) is 2.53. The van der Waals surface area contributed by atoms with Crippen LogP contribution in [0.25, 0.3) is 0 Å². The third-order valence-corrected chi connectivity index (χ3v) is 3.61. The van der Waals surface area contributed by atoms with Gasteiger partial charge in [0.2, 0.25) is 5.91 Å². The van der Waals surface area contributed by atoms with Crippen molar-refractivity contribution in [2.45, 2.75) is 57.7 Å². The second-order valence-corrected chi connectivity index (χ2v) is 5.72. The van der Waals surface area contributed by atoms with E-state index in [9.17, 15) is 4.79 Å². The lowest BCUT2D eigenvalue weighted by Crippen LogP contribution is -2.38.